The van der Waals surface area contributed by atoms with E-state index in [4.69, 9.17) is 4.74 Å². The van der Waals surface area contributed by atoms with Crippen molar-refractivity contribution in [2.24, 2.45) is 0 Å². The normalized spacial score (nSPS) is 16.8. The smallest absolute Gasteiger partial charge is 0.123 e. The summed E-state index contributed by atoms with van der Waals surface area (Å²) in [5, 5.41) is 3.38. The Balaban J connectivity index is 2.61. The van der Waals surface area contributed by atoms with Crippen molar-refractivity contribution in [1.82, 2.24) is 5.32 Å². The van der Waals surface area contributed by atoms with Gasteiger partial charge in [0.15, 0.2) is 0 Å². The van der Waals surface area contributed by atoms with Crippen molar-refractivity contribution < 1.29 is 9.13 Å². The van der Waals surface area contributed by atoms with E-state index in [2.05, 4.69) is 12.2 Å². The molecule has 0 bridgehead atoms. The summed E-state index contributed by atoms with van der Waals surface area (Å²) in [6.45, 7) is 6.09. The average Bonchev–Trinajstić information content (AvgIpc) is 2.27. The molecule has 0 radical (unpaired) electrons. The number of hydrogen-bond donors (Lipinski definition) is 1. The first kappa shape index (κ1) is 13.1. The van der Waals surface area contributed by atoms with Crippen LogP contribution in [0.3, 0.4) is 0 Å². The lowest BCUT2D eigenvalue weighted by Gasteiger charge is -2.24. The molecule has 16 heavy (non-hydrogen) atoms. The van der Waals surface area contributed by atoms with Crippen LogP contribution in [0, 0.1) is 5.82 Å². The fraction of sp³-hybridized carbons (Fsp3) is 0.538. The molecule has 0 amide bonds. The zero-order valence-electron chi connectivity index (χ0n) is 10.3. The summed E-state index contributed by atoms with van der Waals surface area (Å²) in [6, 6.07) is 7.00. The molecular weight excluding hydrogens is 205 g/mol. The van der Waals surface area contributed by atoms with E-state index in [1.54, 1.807) is 19.2 Å². The summed E-state index contributed by atoms with van der Waals surface area (Å²) in [5.74, 6) is -0.196. The van der Waals surface area contributed by atoms with E-state index in [0.717, 1.165) is 5.56 Å². The van der Waals surface area contributed by atoms with Gasteiger partial charge in [0.1, 0.15) is 5.82 Å². The Labute approximate surface area is 96.8 Å². The maximum absolute atomic E-state index is 13.0. The third kappa shape index (κ3) is 3.58. The van der Waals surface area contributed by atoms with Crippen molar-refractivity contribution in [3.8, 4) is 0 Å². The number of benzene rings is 1. The molecule has 0 aliphatic rings. The molecule has 3 atom stereocenters. The number of ether oxygens (including phenoxy) is 1. The predicted molar refractivity (Wildman–Crippen MR) is 63.9 cm³/mol. The van der Waals surface area contributed by atoms with Crippen molar-refractivity contribution in [1.29, 1.82) is 0 Å². The number of methoxy groups -OCH3 is 1. The van der Waals surface area contributed by atoms with E-state index in [1.807, 2.05) is 19.9 Å². The van der Waals surface area contributed by atoms with E-state index in [1.165, 1.54) is 6.07 Å². The van der Waals surface area contributed by atoms with Gasteiger partial charge in [-0.05, 0) is 38.5 Å². The molecule has 0 aliphatic heterocycles. The van der Waals surface area contributed by atoms with E-state index >= 15 is 0 Å². The van der Waals surface area contributed by atoms with Crippen LogP contribution in [0.1, 0.15) is 32.4 Å². The van der Waals surface area contributed by atoms with Gasteiger partial charge in [-0.15, -0.1) is 0 Å². The van der Waals surface area contributed by atoms with Crippen molar-refractivity contribution in [3.63, 3.8) is 0 Å². The summed E-state index contributed by atoms with van der Waals surface area (Å²) in [5.41, 5.74) is 0.954. The van der Waals surface area contributed by atoms with Crippen LogP contribution in [-0.2, 0) is 4.74 Å². The van der Waals surface area contributed by atoms with E-state index in [0.29, 0.717) is 0 Å². The Bertz CT molecular complexity index is 329. The van der Waals surface area contributed by atoms with Gasteiger partial charge in [-0.3, -0.25) is 0 Å². The summed E-state index contributed by atoms with van der Waals surface area (Å²) >= 11 is 0. The highest BCUT2D eigenvalue weighted by atomic mass is 19.1. The molecule has 1 aromatic rings. The topological polar surface area (TPSA) is 21.3 Å². The molecule has 90 valence electrons. The van der Waals surface area contributed by atoms with Crippen LogP contribution in [0.2, 0.25) is 0 Å². The fourth-order valence-corrected chi connectivity index (χ4v) is 1.61. The number of nitrogens with one attached hydrogen (secondary N) is 1. The lowest BCUT2D eigenvalue weighted by atomic mass is 10.1. The highest BCUT2D eigenvalue weighted by Gasteiger charge is 2.14. The van der Waals surface area contributed by atoms with Gasteiger partial charge in [0.2, 0.25) is 0 Å². The lowest BCUT2D eigenvalue weighted by molar-refractivity contribution is 0.0852. The van der Waals surface area contributed by atoms with Crippen LogP contribution in [-0.4, -0.2) is 19.3 Å². The minimum atomic E-state index is -0.196. The van der Waals surface area contributed by atoms with Crippen LogP contribution >= 0.6 is 0 Å². The van der Waals surface area contributed by atoms with Crippen molar-refractivity contribution in [2.75, 3.05) is 7.11 Å². The standard InChI is InChI=1S/C13H20FNO/c1-9(11(3)16-4)15-10(2)12-6-5-7-13(14)8-12/h5-11,15H,1-4H3/t9?,10-,11?/m1/s1. The maximum Gasteiger partial charge on any atom is 0.123 e. The first-order valence-corrected chi connectivity index (χ1v) is 5.59. The van der Waals surface area contributed by atoms with Crippen molar-refractivity contribution >= 4 is 0 Å². The fourth-order valence-electron chi connectivity index (χ4n) is 1.61. The molecule has 0 heterocycles. The Morgan fingerprint density at radius 1 is 1.25 bits per heavy atom. The Hall–Kier alpha value is -0.930. The third-order valence-electron chi connectivity index (χ3n) is 2.94. The largest absolute Gasteiger partial charge is 0.380 e. The number of hydrogen-bond acceptors (Lipinski definition) is 2. The molecule has 3 heteroatoms. The molecule has 1 rings (SSSR count). The van der Waals surface area contributed by atoms with E-state index < -0.39 is 0 Å². The molecule has 1 aromatic carbocycles. The molecule has 0 spiro atoms. The number of rotatable bonds is 5. The predicted octanol–water partition coefficient (Wildman–Crippen LogP) is 2.90. The van der Waals surface area contributed by atoms with Gasteiger partial charge in [0.25, 0.3) is 0 Å². The molecule has 0 aromatic heterocycles. The van der Waals surface area contributed by atoms with Gasteiger partial charge in [-0.1, -0.05) is 12.1 Å². The zero-order chi connectivity index (χ0) is 12.1. The highest BCUT2D eigenvalue weighted by molar-refractivity contribution is 5.19. The minimum Gasteiger partial charge on any atom is -0.380 e. The quantitative estimate of drug-likeness (QED) is 0.832. The van der Waals surface area contributed by atoms with Crippen molar-refractivity contribution in [2.45, 2.75) is 39.0 Å². The second-order valence-corrected chi connectivity index (χ2v) is 4.17. The summed E-state index contributed by atoms with van der Waals surface area (Å²) in [6.07, 6.45) is 0.135. The van der Waals surface area contributed by atoms with Crippen LogP contribution in [0.4, 0.5) is 4.39 Å². The van der Waals surface area contributed by atoms with Gasteiger partial charge in [-0.2, -0.15) is 0 Å². The Morgan fingerprint density at radius 2 is 1.94 bits per heavy atom. The van der Waals surface area contributed by atoms with Crippen LogP contribution in [0.25, 0.3) is 0 Å². The molecule has 0 saturated carbocycles. The first-order valence-electron chi connectivity index (χ1n) is 5.59. The molecule has 2 nitrogen and oxygen atoms in total. The molecule has 0 saturated heterocycles. The Morgan fingerprint density at radius 3 is 2.50 bits per heavy atom. The average molecular weight is 225 g/mol. The monoisotopic (exact) mass is 225 g/mol. The second-order valence-electron chi connectivity index (χ2n) is 4.17. The summed E-state index contributed by atoms with van der Waals surface area (Å²) in [7, 11) is 1.69. The van der Waals surface area contributed by atoms with Crippen LogP contribution in [0.15, 0.2) is 24.3 Å². The van der Waals surface area contributed by atoms with Crippen LogP contribution in [0.5, 0.6) is 0 Å². The molecule has 1 N–H and O–H groups in total. The first-order chi connectivity index (χ1) is 7.54. The molecular formula is C13H20FNO. The van der Waals surface area contributed by atoms with Gasteiger partial charge in [0, 0.05) is 19.2 Å². The zero-order valence-corrected chi connectivity index (χ0v) is 10.3. The summed E-state index contributed by atoms with van der Waals surface area (Å²) < 4.78 is 18.3. The molecule has 0 aliphatic carbocycles. The van der Waals surface area contributed by atoms with Gasteiger partial charge in [-0.25, -0.2) is 4.39 Å². The van der Waals surface area contributed by atoms with Gasteiger partial charge < -0.3 is 10.1 Å². The molecule has 0 fully saturated rings. The number of halogens is 1. The minimum absolute atomic E-state index is 0.114. The third-order valence-corrected chi connectivity index (χ3v) is 2.94. The van der Waals surface area contributed by atoms with E-state index in [9.17, 15) is 4.39 Å². The maximum atomic E-state index is 13.0. The van der Waals surface area contributed by atoms with Gasteiger partial charge >= 0.3 is 0 Å². The lowest BCUT2D eigenvalue weighted by Crippen LogP contribution is -2.38. The van der Waals surface area contributed by atoms with E-state index in [-0.39, 0.29) is 24.0 Å². The molecule has 2 unspecified atom stereocenters. The summed E-state index contributed by atoms with van der Waals surface area (Å²) in [4.78, 5) is 0. The second kappa shape index (κ2) is 5.97. The van der Waals surface area contributed by atoms with Crippen molar-refractivity contribution in [3.05, 3.63) is 35.6 Å². The Kier molecular flexibility index (Phi) is 4.90. The van der Waals surface area contributed by atoms with Gasteiger partial charge in [0.05, 0.1) is 6.10 Å². The SMILES string of the molecule is COC(C)C(C)N[C@H](C)c1cccc(F)c1. The van der Waals surface area contributed by atoms with Crippen LogP contribution < -0.4 is 5.32 Å². The highest BCUT2D eigenvalue weighted by Crippen LogP contribution is 2.15.